The first kappa shape index (κ1) is 16.4. The molecule has 3 N–H and O–H groups in total. The van der Waals surface area contributed by atoms with E-state index in [0.29, 0.717) is 0 Å². The van der Waals surface area contributed by atoms with Crippen molar-refractivity contribution >= 4 is 40.9 Å². The molecule has 0 atom stereocenters. The number of hydrogen-bond acceptors (Lipinski definition) is 5. The molecular formula is C10H7ClF3N5O2S. The molecule has 0 saturated carbocycles. The van der Waals surface area contributed by atoms with Crippen LogP contribution in [0.25, 0.3) is 5.65 Å². The van der Waals surface area contributed by atoms with Gasteiger partial charge in [-0.3, -0.25) is 14.5 Å². The number of pyridine rings is 1. The van der Waals surface area contributed by atoms with E-state index < -0.39 is 23.7 Å². The third-order valence-electron chi connectivity index (χ3n) is 2.35. The number of rotatable bonds is 3. The molecule has 0 aliphatic heterocycles. The number of thioether (sulfide) groups is 1. The lowest BCUT2D eigenvalue weighted by atomic mass is 10.3. The molecule has 0 bridgehead atoms. The molecule has 7 nitrogen and oxygen atoms in total. The van der Waals surface area contributed by atoms with Crippen LogP contribution in [0.3, 0.4) is 0 Å². The van der Waals surface area contributed by atoms with Crippen LogP contribution in [0, 0.1) is 0 Å². The van der Waals surface area contributed by atoms with E-state index in [2.05, 4.69) is 10.2 Å². The van der Waals surface area contributed by atoms with E-state index in [1.54, 1.807) is 0 Å². The van der Waals surface area contributed by atoms with E-state index in [0.717, 1.165) is 28.4 Å². The highest BCUT2D eigenvalue weighted by atomic mass is 35.5. The van der Waals surface area contributed by atoms with Crippen LogP contribution in [0.5, 0.6) is 0 Å². The molecule has 0 radical (unpaired) electrons. The second kappa shape index (κ2) is 6.01. The van der Waals surface area contributed by atoms with Gasteiger partial charge in [0.1, 0.15) is 0 Å². The number of imide groups is 1. The second-order valence-electron chi connectivity index (χ2n) is 3.95. The summed E-state index contributed by atoms with van der Waals surface area (Å²) in [6, 6.07) is -0.293. The van der Waals surface area contributed by atoms with Crippen LogP contribution in [0.15, 0.2) is 17.4 Å². The second-order valence-corrected chi connectivity index (χ2v) is 5.30. The molecule has 118 valence electrons. The fraction of sp³-hybridized carbons (Fsp3) is 0.200. The van der Waals surface area contributed by atoms with Crippen LogP contribution in [0.1, 0.15) is 5.56 Å². The zero-order valence-electron chi connectivity index (χ0n) is 10.5. The standard InChI is InChI=1S/C10H7ClF3N5O2S/c11-5-1-4(10(12,13)14)2-19-7(5)17-18-9(19)22-3-6(20)16-8(15)21/h1-2H,3H2,(H3,15,16,20,21). The smallest absolute Gasteiger partial charge is 0.351 e. The summed E-state index contributed by atoms with van der Waals surface area (Å²) >= 11 is 6.52. The Labute approximate surface area is 130 Å². The van der Waals surface area contributed by atoms with Gasteiger partial charge in [-0.1, -0.05) is 23.4 Å². The van der Waals surface area contributed by atoms with Crippen molar-refractivity contribution in [3.05, 3.63) is 22.8 Å². The van der Waals surface area contributed by atoms with Crippen LogP contribution in [0.2, 0.25) is 5.02 Å². The minimum absolute atomic E-state index is 0.0163. The van der Waals surface area contributed by atoms with Crippen molar-refractivity contribution < 1.29 is 22.8 Å². The topological polar surface area (TPSA) is 102 Å². The Morgan fingerprint density at radius 2 is 2.09 bits per heavy atom. The average molecular weight is 354 g/mol. The molecule has 0 spiro atoms. The Bertz CT molecular complexity index is 748. The number of urea groups is 1. The molecule has 2 rings (SSSR count). The van der Waals surface area contributed by atoms with E-state index in [1.165, 1.54) is 0 Å². The largest absolute Gasteiger partial charge is 0.417 e. The highest BCUT2D eigenvalue weighted by Crippen LogP contribution is 2.33. The van der Waals surface area contributed by atoms with Gasteiger partial charge in [-0.05, 0) is 6.07 Å². The molecular weight excluding hydrogens is 347 g/mol. The van der Waals surface area contributed by atoms with Crippen LogP contribution in [-0.4, -0.2) is 32.3 Å². The van der Waals surface area contributed by atoms with Crippen molar-refractivity contribution in [3.8, 4) is 0 Å². The third kappa shape index (κ3) is 3.60. The van der Waals surface area contributed by atoms with Gasteiger partial charge in [-0.2, -0.15) is 13.2 Å². The van der Waals surface area contributed by atoms with Gasteiger partial charge in [0.15, 0.2) is 10.8 Å². The van der Waals surface area contributed by atoms with Crippen LogP contribution in [0.4, 0.5) is 18.0 Å². The molecule has 0 aromatic carbocycles. The summed E-state index contributed by atoms with van der Waals surface area (Å²) in [6.07, 6.45) is -3.82. The number of carbonyl (C=O) groups is 2. The summed E-state index contributed by atoms with van der Waals surface area (Å²) in [5.74, 6) is -0.996. The summed E-state index contributed by atoms with van der Waals surface area (Å²) in [7, 11) is 0. The Balaban J connectivity index is 2.29. The summed E-state index contributed by atoms with van der Waals surface area (Å²) in [6.45, 7) is 0. The minimum Gasteiger partial charge on any atom is -0.351 e. The van der Waals surface area contributed by atoms with Gasteiger partial charge in [0.25, 0.3) is 0 Å². The number of nitrogens with zero attached hydrogens (tertiary/aromatic N) is 3. The number of aromatic nitrogens is 3. The van der Waals surface area contributed by atoms with Crippen LogP contribution < -0.4 is 11.1 Å². The van der Waals surface area contributed by atoms with Gasteiger partial charge in [0.2, 0.25) is 5.91 Å². The number of fused-ring (bicyclic) bond motifs is 1. The van der Waals surface area contributed by atoms with E-state index in [4.69, 9.17) is 17.3 Å². The lowest BCUT2D eigenvalue weighted by Crippen LogP contribution is -2.36. The molecule has 2 aromatic rings. The first-order valence-electron chi connectivity index (χ1n) is 5.52. The van der Waals surface area contributed by atoms with Gasteiger partial charge >= 0.3 is 12.2 Å². The number of nitrogens with one attached hydrogen (secondary N) is 1. The molecule has 2 heterocycles. The maximum Gasteiger partial charge on any atom is 0.417 e. The SMILES string of the molecule is NC(=O)NC(=O)CSc1nnc2c(Cl)cc(C(F)(F)F)cn12. The number of alkyl halides is 3. The molecule has 2 aromatic heterocycles. The van der Waals surface area contributed by atoms with Crippen LogP contribution >= 0.6 is 23.4 Å². The van der Waals surface area contributed by atoms with E-state index in [9.17, 15) is 22.8 Å². The average Bonchev–Trinajstić information content (AvgIpc) is 2.78. The van der Waals surface area contributed by atoms with E-state index in [1.807, 2.05) is 5.32 Å². The fourth-order valence-corrected chi connectivity index (χ4v) is 2.45. The highest BCUT2D eigenvalue weighted by molar-refractivity contribution is 7.99. The predicted octanol–water partition coefficient (Wildman–Crippen LogP) is 1.69. The minimum atomic E-state index is -4.59. The van der Waals surface area contributed by atoms with Gasteiger partial charge in [0.05, 0.1) is 16.3 Å². The van der Waals surface area contributed by atoms with Crippen LogP contribution in [-0.2, 0) is 11.0 Å². The first-order valence-corrected chi connectivity index (χ1v) is 6.88. The van der Waals surface area contributed by atoms with Crippen molar-refractivity contribution in [1.29, 1.82) is 0 Å². The molecule has 0 fully saturated rings. The van der Waals surface area contributed by atoms with Gasteiger partial charge < -0.3 is 5.73 Å². The number of hydrogen-bond donors (Lipinski definition) is 2. The maximum absolute atomic E-state index is 12.8. The molecule has 0 saturated heterocycles. The number of carbonyl (C=O) groups excluding carboxylic acids is 2. The van der Waals surface area contributed by atoms with Gasteiger partial charge in [-0.15, -0.1) is 10.2 Å². The Morgan fingerprint density at radius 3 is 2.68 bits per heavy atom. The Kier molecular flexibility index (Phi) is 4.47. The lowest BCUT2D eigenvalue weighted by Gasteiger charge is -2.08. The summed E-state index contributed by atoms with van der Waals surface area (Å²) < 4.78 is 39.3. The van der Waals surface area contributed by atoms with Crippen molar-refractivity contribution in [3.63, 3.8) is 0 Å². The Morgan fingerprint density at radius 1 is 1.41 bits per heavy atom. The normalized spacial score (nSPS) is 11.6. The molecule has 3 amide bonds. The Hall–Kier alpha value is -2.01. The highest BCUT2D eigenvalue weighted by Gasteiger charge is 2.32. The van der Waals surface area contributed by atoms with E-state index >= 15 is 0 Å². The van der Waals surface area contributed by atoms with E-state index in [-0.39, 0.29) is 21.6 Å². The third-order valence-corrected chi connectivity index (χ3v) is 3.57. The fourth-order valence-electron chi connectivity index (χ4n) is 1.49. The van der Waals surface area contributed by atoms with Gasteiger partial charge in [0, 0.05) is 6.20 Å². The molecule has 0 aliphatic carbocycles. The zero-order chi connectivity index (χ0) is 16.5. The maximum atomic E-state index is 12.8. The molecule has 0 aliphatic rings. The molecule has 22 heavy (non-hydrogen) atoms. The molecule has 12 heteroatoms. The van der Waals surface area contributed by atoms with Gasteiger partial charge in [-0.25, -0.2) is 4.79 Å². The van der Waals surface area contributed by atoms with Crippen molar-refractivity contribution in [2.45, 2.75) is 11.3 Å². The molecule has 0 unspecified atom stereocenters. The van der Waals surface area contributed by atoms with Crippen molar-refractivity contribution in [2.75, 3.05) is 5.75 Å². The number of nitrogens with two attached hydrogens (primary N) is 1. The number of primary amides is 1. The number of halogens is 4. The summed E-state index contributed by atoms with van der Waals surface area (Å²) in [5, 5.41) is 8.91. The lowest BCUT2D eigenvalue weighted by molar-refractivity contribution is -0.137. The summed E-state index contributed by atoms with van der Waals surface area (Å²) in [4.78, 5) is 21.8. The predicted molar refractivity (Wildman–Crippen MR) is 71.4 cm³/mol. The number of amides is 3. The quantitative estimate of drug-likeness (QED) is 0.817. The van der Waals surface area contributed by atoms with Crippen molar-refractivity contribution in [1.82, 2.24) is 19.9 Å². The zero-order valence-corrected chi connectivity index (χ0v) is 12.1. The van der Waals surface area contributed by atoms with Crippen molar-refractivity contribution in [2.24, 2.45) is 5.73 Å². The first-order chi connectivity index (χ1) is 10.2. The monoisotopic (exact) mass is 353 g/mol. The summed E-state index contributed by atoms with van der Waals surface area (Å²) in [5.41, 5.74) is 3.81.